The van der Waals surface area contributed by atoms with E-state index in [1.165, 1.54) is 6.26 Å². The summed E-state index contributed by atoms with van der Waals surface area (Å²) in [5.41, 5.74) is 0.573. The minimum Gasteiger partial charge on any atom is -0.390 e. The number of nitrogens with zero attached hydrogens (tertiary/aromatic N) is 2. The third kappa shape index (κ3) is 4.16. The van der Waals surface area contributed by atoms with E-state index in [0.29, 0.717) is 18.1 Å². The predicted molar refractivity (Wildman–Crippen MR) is 63.1 cm³/mol. The van der Waals surface area contributed by atoms with Gasteiger partial charge in [-0.2, -0.15) is 0 Å². The van der Waals surface area contributed by atoms with Crippen LogP contribution in [0.3, 0.4) is 0 Å². The first-order chi connectivity index (χ1) is 7.42. The second-order valence-corrected chi connectivity index (χ2v) is 5.96. The fourth-order valence-electron chi connectivity index (χ4n) is 1.18. The molecule has 0 unspecified atom stereocenters. The topological polar surface area (TPSA) is 70.5 Å². The lowest BCUT2D eigenvalue weighted by atomic mass is 10.3. The summed E-state index contributed by atoms with van der Waals surface area (Å²) in [6.45, 7) is 0.272. The highest BCUT2D eigenvalue weighted by atomic mass is 32.2. The molecule has 1 rings (SSSR count). The Morgan fingerprint density at radius 3 is 2.69 bits per heavy atom. The first-order valence-corrected chi connectivity index (χ1v) is 6.94. The van der Waals surface area contributed by atoms with Crippen LogP contribution in [0.25, 0.3) is 0 Å². The van der Waals surface area contributed by atoms with Gasteiger partial charge in [0.15, 0.2) is 0 Å². The average Bonchev–Trinajstić information content (AvgIpc) is 2.25. The number of anilines is 1. The van der Waals surface area contributed by atoms with Gasteiger partial charge in [0.1, 0.15) is 15.7 Å². The van der Waals surface area contributed by atoms with Crippen LogP contribution in [0.1, 0.15) is 5.69 Å². The van der Waals surface area contributed by atoms with Gasteiger partial charge in [-0.3, -0.25) is 0 Å². The van der Waals surface area contributed by atoms with Crippen molar-refractivity contribution in [1.82, 2.24) is 4.98 Å². The number of hydrogen-bond donors (Lipinski definition) is 1. The highest BCUT2D eigenvalue weighted by Crippen LogP contribution is 2.09. The van der Waals surface area contributed by atoms with Crippen LogP contribution >= 0.6 is 0 Å². The second-order valence-electron chi connectivity index (χ2n) is 3.70. The summed E-state index contributed by atoms with van der Waals surface area (Å²) in [7, 11) is -1.19. The summed E-state index contributed by atoms with van der Waals surface area (Å²) in [5, 5.41) is 8.93. The fourth-order valence-corrected chi connectivity index (χ4v) is 1.79. The highest BCUT2D eigenvalue weighted by Gasteiger charge is 2.07. The van der Waals surface area contributed by atoms with Crippen LogP contribution in [0.4, 0.5) is 5.82 Å². The van der Waals surface area contributed by atoms with E-state index in [9.17, 15) is 8.42 Å². The van der Waals surface area contributed by atoms with E-state index in [1.807, 2.05) is 0 Å². The van der Waals surface area contributed by atoms with Crippen molar-refractivity contribution < 1.29 is 13.5 Å². The van der Waals surface area contributed by atoms with Gasteiger partial charge < -0.3 is 10.0 Å². The van der Waals surface area contributed by atoms with E-state index in [1.54, 1.807) is 30.1 Å². The zero-order valence-electron chi connectivity index (χ0n) is 9.42. The Kier molecular flexibility index (Phi) is 4.26. The number of aromatic nitrogens is 1. The van der Waals surface area contributed by atoms with E-state index in [-0.39, 0.29) is 12.4 Å². The molecule has 1 aromatic heterocycles. The van der Waals surface area contributed by atoms with Crippen molar-refractivity contribution in [2.24, 2.45) is 0 Å². The van der Waals surface area contributed by atoms with Crippen LogP contribution < -0.4 is 4.90 Å². The molecular formula is C10H16N2O3S. The minimum atomic E-state index is -2.96. The molecule has 0 saturated heterocycles. The molecule has 16 heavy (non-hydrogen) atoms. The maximum atomic E-state index is 11.0. The van der Waals surface area contributed by atoms with Gasteiger partial charge in [-0.15, -0.1) is 0 Å². The molecule has 0 amide bonds. The first kappa shape index (κ1) is 12.9. The number of pyridine rings is 1. The summed E-state index contributed by atoms with van der Waals surface area (Å²) in [6, 6.07) is 5.28. The van der Waals surface area contributed by atoms with Gasteiger partial charge in [-0.25, -0.2) is 13.4 Å². The van der Waals surface area contributed by atoms with Gasteiger partial charge in [0.2, 0.25) is 0 Å². The van der Waals surface area contributed by atoms with Gasteiger partial charge in [-0.1, -0.05) is 6.07 Å². The number of aliphatic hydroxyl groups excluding tert-OH is 1. The second kappa shape index (κ2) is 5.27. The number of rotatable bonds is 5. The SMILES string of the molecule is CN(CCS(C)(=O)=O)c1cccc(CO)n1. The van der Waals surface area contributed by atoms with E-state index >= 15 is 0 Å². The molecule has 0 aliphatic carbocycles. The van der Waals surface area contributed by atoms with Crippen LogP contribution in [-0.4, -0.2) is 44.1 Å². The Morgan fingerprint density at radius 1 is 1.44 bits per heavy atom. The van der Waals surface area contributed by atoms with Gasteiger partial charge >= 0.3 is 0 Å². The fraction of sp³-hybridized carbons (Fsp3) is 0.500. The van der Waals surface area contributed by atoms with Crippen molar-refractivity contribution in [1.29, 1.82) is 0 Å². The number of hydrogen-bond acceptors (Lipinski definition) is 5. The Morgan fingerprint density at radius 2 is 2.12 bits per heavy atom. The summed E-state index contributed by atoms with van der Waals surface area (Å²) in [5.74, 6) is 0.754. The molecule has 0 bridgehead atoms. The van der Waals surface area contributed by atoms with Crippen LogP contribution in [-0.2, 0) is 16.4 Å². The molecule has 0 aliphatic heterocycles. The molecule has 0 aliphatic rings. The van der Waals surface area contributed by atoms with E-state index in [0.717, 1.165) is 0 Å². The molecule has 0 saturated carbocycles. The molecule has 0 fully saturated rings. The van der Waals surface area contributed by atoms with E-state index < -0.39 is 9.84 Å². The van der Waals surface area contributed by atoms with Crippen molar-refractivity contribution in [2.75, 3.05) is 30.5 Å². The van der Waals surface area contributed by atoms with Crippen LogP contribution in [0, 0.1) is 0 Å². The van der Waals surface area contributed by atoms with Crippen LogP contribution in [0.15, 0.2) is 18.2 Å². The molecule has 6 heteroatoms. The highest BCUT2D eigenvalue weighted by molar-refractivity contribution is 7.90. The molecule has 1 N–H and O–H groups in total. The third-order valence-corrected chi connectivity index (χ3v) is 3.07. The van der Waals surface area contributed by atoms with Crippen LogP contribution in [0.5, 0.6) is 0 Å². The molecule has 90 valence electrons. The first-order valence-electron chi connectivity index (χ1n) is 4.88. The predicted octanol–water partition coefficient (Wildman–Crippen LogP) is 0.0547. The minimum absolute atomic E-state index is 0.0918. The zero-order valence-corrected chi connectivity index (χ0v) is 10.2. The van der Waals surface area contributed by atoms with Gasteiger partial charge in [-0.05, 0) is 12.1 Å². The van der Waals surface area contributed by atoms with Crippen molar-refractivity contribution in [3.05, 3.63) is 23.9 Å². The third-order valence-electron chi connectivity index (χ3n) is 2.14. The quantitative estimate of drug-likeness (QED) is 0.792. The van der Waals surface area contributed by atoms with Crippen molar-refractivity contribution >= 4 is 15.7 Å². The van der Waals surface area contributed by atoms with Crippen molar-refractivity contribution in [3.63, 3.8) is 0 Å². The molecule has 0 aromatic carbocycles. The molecule has 5 nitrogen and oxygen atoms in total. The van der Waals surface area contributed by atoms with Crippen molar-refractivity contribution in [2.45, 2.75) is 6.61 Å². The molecule has 0 spiro atoms. The Bertz CT molecular complexity index is 445. The van der Waals surface area contributed by atoms with Crippen molar-refractivity contribution in [3.8, 4) is 0 Å². The standard InChI is InChI=1S/C10H16N2O3S/c1-12(6-7-16(2,14)15)10-5-3-4-9(8-13)11-10/h3-5,13H,6-8H2,1-2H3. The maximum Gasteiger partial charge on any atom is 0.149 e. The normalized spacial score (nSPS) is 11.4. The maximum absolute atomic E-state index is 11.0. The summed E-state index contributed by atoms with van der Waals surface area (Å²) < 4.78 is 22.0. The van der Waals surface area contributed by atoms with Crippen LogP contribution in [0.2, 0.25) is 0 Å². The lowest BCUT2D eigenvalue weighted by Gasteiger charge is -2.17. The number of aliphatic hydroxyl groups is 1. The molecular weight excluding hydrogens is 228 g/mol. The van der Waals surface area contributed by atoms with Gasteiger partial charge in [0.05, 0.1) is 18.1 Å². The molecule has 1 aromatic rings. The number of sulfone groups is 1. The Balaban J connectivity index is 2.69. The smallest absolute Gasteiger partial charge is 0.149 e. The molecule has 1 heterocycles. The Hall–Kier alpha value is -1.14. The Labute approximate surface area is 95.7 Å². The molecule has 0 radical (unpaired) electrons. The van der Waals surface area contributed by atoms with E-state index in [4.69, 9.17) is 5.11 Å². The summed E-state index contributed by atoms with van der Waals surface area (Å²) in [6.07, 6.45) is 1.21. The zero-order chi connectivity index (χ0) is 12.2. The monoisotopic (exact) mass is 244 g/mol. The van der Waals surface area contributed by atoms with Gasteiger partial charge in [0, 0.05) is 19.8 Å². The summed E-state index contributed by atoms with van der Waals surface area (Å²) in [4.78, 5) is 5.92. The average molecular weight is 244 g/mol. The summed E-state index contributed by atoms with van der Waals surface area (Å²) >= 11 is 0. The van der Waals surface area contributed by atoms with Gasteiger partial charge in [0.25, 0.3) is 0 Å². The lowest BCUT2D eigenvalue weighted by Crippen LogP contribution is -2.25. The van der Waals surface area contributed by atoms with E-state index in [2.05, 4.69) is 4.98 Å². The lowest BCUT2D eigenvalue weighted by molar-refractivity contribution is 0.277. The molecule has 0 atom stereocenters. The largest absolute Gasteiger partial charge is 0.390 e.